The van der Waals surface area contributed by atoms with Gasteiger partial charge in [0.05, 0.1) is 12.5 Å². The number of hydrogen-bond acceptors (Lipinski definition) is 4. The molecule has 0 aliphatic carbocycles. The number of nitriles is 1. The predicted octanol–water partition coefficient (Wildman–Crippen LogP) is 0.684. The number of amides is 1. The van der Waals surface area contributed by atoms with Crippen LogP contribution in [0.4, 0.5) is 0 Å². The van der Waals surface area contributed by atoms with E-state index in [0.717, 1.165) is 12.1 Å². The molecule has 1 amide bonds. The van der Waals surface area contributed by atoms with Crippen LogP contribution < -0.4 is 5.32 Å². The molecule has 0 spiro atoms. The number of pyridine rings is 1. The van der Waals surface area contributed by atoms with Gasteiger partial charge in [0.15, 0.2) is 0 Å². The van der Waals surface area contributed by atoms with Crippen molar-refractivity contribution < 1.29 is 4.79 Å². The van der Waals surface area contributed by atoms with E-state index in [-0.39, 0.29) is 24.4 Å². The summed E-state index contributed by atoms with van der Waals surface area (Å²) in [4.78, 5) is 18.0. The van der Waals surface area contributed by atoms with Crippen LogP contribution in [0.1, 0.15) is 18.9 Å². The SMILES string of the molecule is CC1CNC(CC#N)C(=O)N1Cc1ccncc1. The second-order valence-corrected chi connectivity index (χ2v) is 4.49. The van der Waals surface area contributed by atoms with Gasteiger partial charge in [-0.05, 0) is 24.6 Å². The van der Waals surface area contributed by atoms with Gasteiger partial charge in [-0.1, -0.05) is 0 Å². The lowest BCUT2D eigenvalue weighted by Gasteiger charge is -2.37. The molecule has 1 N–H and O–H groups in total. The van der Waals surface area contributed by atoms with Gasteiger partial charge < -0.3 is 10.2 Å². The normalized spacial score (nSPS) is 23.8. The first-order valence-electron chi connectivity index (χ1n) is 6.02. The van der Waals surface area contributed by atoms with Crippen LogP contribution in [-0.4, -0.2) is 34.4 Å². The summed E-state index contributed by atoms with van der Waals surface area (Å²) < 4.78 is 0. The molecule has 1 aliphatic rings. The second kappa shape index (κ2) is 5.61. The molecule has 1 fully saturated rings. The Bertz CT molecular complexity index is 454. The van der Waals surface area contributed by atoms with Crippen molar-refractivity contribution >= 4 is 5.91 Å². The molecule has 2 atom stereocenters. The molecule has 94 valence electrons. The maximum absolute atomic E-state index is 12.2. The third-order valence-corrected chi connectivity index (χ3v) is 3.17. The highest BCUT2D eigenvalue weighted by Gasteiger charge is 2.32. The first-order valence-corrected chi connectivity index (χ1v) is 6.02. The lowest BCUT2D eigenvalue weighted by Crippen LogP contribution is -2.58. The molecule has 0 bridgehead atoms. The van der Waals surface area contributed by atoms with Crippen LogP contribution in [0, 0.1) is 11.3 Å². The van der Waals surface area contributed by atoms with E-state index in [0.29, 0.717) is 6.54 Å². The van der Waals surface area contributed by atoms with Gasteiger partial charge in [0.25, 0.3) is 0 Å². The Balaban J connectivity index is 2.10. The molecular formula is C13H16N4O. The molecule has 0 saturated carbocycles. The molecule has 0 radical (unpaired) electrons. The van der Waals surface area contributed by atoms with Crippen LogP contribution in [0.25, 0.3) is 0 Å². The Hall–Kier alpha value is -1.93. The molecule has 1 aromatic rings. The predicted molar refractivity (Wildman–Crippen MR) is 66.3 cm³/mol. The van der Waals surface area contributed by atoms with Crippen molar-refractivity contribution in [2.24, 2.45) is 0 Å². The summed E-state index contributed by atoms with van der Waals surface area (Å²) in [6, 6.07) is 5.63. The minimum Gasteiger partial charge on any atom is -0.333 e. The zero-order valence-electron chi connectivity index (χ0n) is 10.3. The van der Waals surface area contributed by atoms with Gasteiger partial charge in [-0.2, -0.15) is 5.26 Å². The minimum absolute atomic E-state index is 0.00659. The van der Waals surface area contributed by atoms with Crippen LogP contribution >= 0.6 is 0 Å². The van der Waals surface area contributed by atoms with Crippen molar-refractivity contribution in [2.45, 2.75) is 32.0 Å². The van der Waals surface area contributed by atoms with Crippen LogP contribution in [0.5, 0.6) is 0 Å². The number of carbonyl (C=O) groups excluding carboxylic acids is 1. The number of aromatic nitrogens is 1. The number of piperazine rings is 1. The van der Waals surface area contributed by atoms with Crippen LogP contribution in [0.2, 0.25) is 0 Å². The molecule has 18 heavy (non-hydrogen) atoms. The average molecular weight is 244 g/mol. The van der Waals surface area contributed by atoms with Gasteiger partial charge in [0.1, 0.15) is 6.04 Å². The van der Waals surface area contributed by atoms with Gasteiger partial charge in [0.2, 0.25) is 5.91 Å². The van der Waals surface area contributed by atoms with E-state index in [2.05, 4.69) is 10.3 Å². The summed E-state index contributed by atoms with van der Waals surface area (Å²) in [5.74, 6) is 0.00659. The van der Waals surface area contributed by atoms with Gasteiger partial charge in [-0.15, -0.1) is 0 Å². The Kier molecular flexibility index (Phi) is 3.90. The molecule has 1 aromatic heterocycles. The van der Waals surface area contributed by atoms with Crippen molar-refractivity contribution in [1.29, 1.82) is 5.26 Å². The zero-order chi connectivity index (χ0) is 13.0. The third kappa shape index (κ3) is 2.66. The highest BCUT2D eigenvalue weighted by Crippen LogP contribution is 2.14. The van der Waals surface area contributed by atoms with Gasteiger partial charge >= 0.3 is 0 Å². The molecule has 1 saturated heterocycles. The summed E-state index contributed by atoms with van der Waals surface area (Å²) in [6.45, 7) is 3.31. The number of rotatable bonds is 3. The van der Waals surface area contributed by atoms with Gasteiger partial charge in [-0.3, -0.25) is 9.78 Å². The summed E-state index contributed by atoms with van der Waals surface area (Å²) in [6.07, 6.45) is 3.66. The van der Waals surface area contributed by atoms with Crippen molar-refractivity contribution in [3.63, 3.8) is 0 Å². The van der Waals surface area contributed by atoms with Crippen molar-refractivity contribution in [1.82, 2.24) is 15.2 Å². The van der Waals surface area contributed by atoms with E-state index in [9.17, 15) is 4.79 Å². The molecule has 0 aromatic carbocycles. The van der Waals surface area contributed by atoms with E-state index >= 15 is 0 Å². The van der Waals surface area contributed by atoms with Gasteiger partial charge in [0, 0.05) is 31.5 Å². The maximum Gasteiger partial charge on any atom is 0.241 e. The van der Waals surface area contributed by atoms with Crippen LogP contribution in [-0.2, 0) is 11.3 Å². The van der Waals surface area contributed by atoms with E-state index in [1.165, 1.54) is 0 Å². The van der Waals surface area contributed by atoms with Crippen molar-refractivity contribution in [2.75, 3.05) is 6.54 Å². The zero-order valence-corrected chi connectivity index (χ0v) is 10.3. The van der Waals surface area contributed by atoms with Gasteiger partial charge in [-0.25, -0.2) is 0 Å². The average Bonchev–Trinajstić information content (AvgIpc) is 2.39. The first kappa shape index (κ1) is 12.5. The lowest BCUT2D eigenvalue weighted by molar-refractivity contribution is -0.138. The Morgan fingerprint density at radius 3 is 2.94 bits per heavy atom. The van der Waals surface area contributed by atoms with Crippen LogP contribution in [0.3, 0.4) is 0 Å². The highest BCUT2D eigenvalue weighted by molar-refractivity contribution is 5.83. The fourth-order valence-corrected chi connectivity index (χ4v) is 2.10. The summed E-state index contributed by atoms with van der Waals surface area (Å²) in [7, 11) is 0. The summed E-state index contributed by atoms with van der Waals surface area (Å²) in [5.41, 5.74) is 1.06. The minimum atomic E-state index is -0.368. The fraction of sp³-hybridized carbons (Fsp3) is 0.462. The third-order valence-electron chi connectivity index (χ3n) is 3.17. The largest absolute Gasteiger partial charge is 0.333 e. The molecule has 2 heterocycles. The quantitative estimate of drug-likeness (QED) is 0.849. The molecule has 2 rings (SSSR count). The Morgan fingerprint density at radius 1 is 1.56 bits per heavy atom. The molecule has 5 nitrogen and oxygen atoms in total. The second-order valence-electron chi connectivity index (χ2n) is 4.49. The van der Waals surface area contributed by atoms with E-state index in [1.54, 1.807) is 12.4 Å². The molecule has 5 heteroatoms. The Morgan fingerprint density at radius 2 is 2.28 bits per heavy atom. The van der Waals surface area contributed by atoms with Crippen LogP contribution in [0.15, 0.2) is 24.5 Å². The monoisotopic (exact) mass is 244 g/mol. The summed E-state index contributed by atoms with van der Waals surface area (Å²) in [5, 5.41) is 11.8. The smallest absolute Gasteiger partial charge is 0.241 e. The van der Waals surface area contributed by atoms with E-state index in [4.69, 9.17) is 5.26 Å². The number of hydrogen-bond donors (Lipinski definition) is 1. The topological polar surface area (TPSA) is 69.0 Å². The Labute approximate surface area is 106 Å². The van der Waals surface area contributed by atoms with E-state index in [1.807, 2.05) is 30.0 Å². The molecular weight excluding hydrogens is 228 g/mol. The summed E-state index contributed by atoms with van der Waals surface area (Å²) >= 11 is 0. The fourth-order valence-electron chi connectivity index (χ4n) is 2.10. The highest BCUT2D eigenvalue weighted by atomic mass is 16.2. The number of nitrogens with zero attached hydrogens (tertiary/aromatic N) is 3. The van der Waals surface area contributed by atoms with Crippen molar-refractivity contribution in [3.05, 3.63) is 30.1 Å². The lowest BCUT2D eigenvalue weighted by atomic mass is 10.1. The number of carbonyl (C=O) groups is 1. The van der Waals surface area contributed by atoms with E-state index < -0.39 is 0 Å². The maximum atomic E-state index is 12.2. The first-order chi connectivity index (χ1) is 8.72. The van der Waals surface area contributed by atoms with Crippen molar-refractivity contribution in [3.8, 4) is 6.07 Å². The standard InChI is InChI=1S/C13H16N4O/c1-10-8-16-12(2-5-14)13(18)17(10)9-11-3-6-15-7-4-11/h3-4,6-7,10,12,16H,2,8-9H2,1H3. The number of nitrogens with one attached hydrogen (secondary N) is 1. The molecule has 2 unspecified atom stereocenters. The molecule has 1 aliphatic heterocycles.